The topological polar surface area (TPSA) is 86.8 Å². The Bertz CT molecular complexity index is 1830. The molecule has 0 saturated carbocycles. The van der Waals surface area contributed by atoms with Crippen LogP contribution in [0.5, 0.6) is 0 Å². The molecule has 254 valence electrons. The lowest BCUT2D eigenvalue weighted by molar-refractivity contribution is -0.140. The number of nitrogens with one attached hydrogen (secondary N) is 1. The van der Waals surface area contributed by atoms with E-state index in [2.05, 4.69) is 5.32 Å². The number of carbonyl (C=O) groups is 2. The van der Waals surface area contributed by atoms with Gasteiger partial charge in [-0.15, -0.1) is 0 Å². The first kappa shape index (κ1) is 36.8. The van der Waals surface area contributed by atoms with Crippen molar-refractivity contribution in [3.63, 3.8) is 0 Å². The van der Waals surface area contributed by atoms with Gasteiger partial charge in [-0.1, -0.05) is 90.8 Å². The number of alkyl halides is 3. The average Bonchev–Trinajstić information content (AvgIpc) is 3.05. The Balaban J connectivity index is 1.86. The van der Waals surface area contributed by atoms with Crippen molar-refractivity contribution in [2.24, 2.45) is 0 Å². The number of rotatable bonds is 13. The van der Waals surface area contributed by atoms with E-state index in [1.807, 2.05) is 13.8 Å². The molecule has 4 aromatic rings. The van der Waals surface area contributed by atoms with E-state index in [1.54, 1.807) is 60.7 Å². The van der Waals surface area contributed by atoms with Crippen molar-refractivity contribution in [1.29, 1.82) is 0 Å². The third kappa shape index (κ3) is 9.30. The Hall–Kier alpha value is -4.06. The zero-order chi connectivity index (χ0) is 35.1. The molecule has 0 saturated heterocycles. The minimum atomic E-state index is -4.91. The molecular weight excluding hydrogens is 686 g/mol. The van der Waals surface area contributed by atoms with Crippen molar-refractivity contribution in [3.8, 4) is 0 Å². The van der Waals surface area contributed by atoms with Gasteiger partial charge in [0.2, 0.25) is 11.8 Å². The molecular formula is C35H34Cl2F3N3O4S. The minimum Gasteiger partial charge on any atom is -0.352 e. The summed E-state index contributed by atoms with van der Waals surface area (Å²) in [5, 5.41) is 2.66. The molecule has 0 bridgehead atoms. The van der Waals surface area contributed by atoms with Crippen LogP contribution < -0.4 is 9.62 Å². The van der Waals surface area contributed by atoms with Crippen LogP contribution in [-0.4, -0.2) is 43.8 Å². The zero-order valence-electron chi connectivity index (χ0n) is 26.1. The van der Waals surface area contributed by atoms with Gasteiger partial charge in [-0.3, -0.25) is 13.9 Å². The van der Waals surface area contributed by atoms with Crippen LogP contribution in [0.2, 0.25) is 10.0 Å². The van der Waals surface area contributed by atoms with Gasteiger partial charge in [-0.2, -0.15) is 13.2 Å². The molecule has 0 spiro atoms. The summed E-state index contributed by atoms with van der Waals surface area (Å²) in [7, 11) is -4.61. The Kier molecular flexibility index (Phi) is 12.2. The summed E-state index contributed by atoms with van der Waals surface area (Å²) >= 11 is 12.1. The highest BCUT2D eigenvalue weighted by molar-refractivity contribution is 7.92. The van der Waals surface area contributed by atoms with E-state index < -0.39 is 56.9 Å². The molecule has 48 heavy (non-hydrogen) atoms. The zero-order valence-corrected chi connectivity index (χ0v) is 28.5. The molecule has 0 heterocycles. The molecule has 4 aromatic carbocycles. The predicted octanol–water partition coefficient (Wildman–Crippen LogP) is 7.76. The Labute approximate surface area is 288 Å². The molecule has 1 N–H and O–H groups in total. The van der Waals surface area contributed by atoms with Gasteiger partial charge in [0.25, 0.3) is 10.0 Å². The van der Waals surface area contributed by atoms with Crippen LogP contribution in [-0.2, 0) is 38.8 Å². The summed E-state index contributed by atoms with van der Waals surface area (Å²) in [6.07, 6.45) is -4.24. The highest BCUT2D eigenvalue weighted by Gasteiger charge is 2.37. The minimum absolute atomic E-state index is 0.0695. The van der Waals surface area contributed by atoms with Gasteiger partial charge in [0.15, 0.2) is 0 Å². The summed E-state index contributed by atoms with van der Waals surface area (Å²) in [5.41, 5.74) is -0.427. The lowest BCUT2D eigenvalue weighted by Gasteiger charge is -2.34. The van der Waals surface area contributed by atoms with Gasteiger partial charge >= 0.3 is 6.18 Å². The number of benzene rings is 4. The molecule has 0 unspecified atom stereocenters. The van der Waals surface area contributed by atoms with E-state index in [9.17, 15) is 31.2 Å². The molecule has 13 heteroatoms. The summed E-state index contributed by atoms with van der Waals surface area (Å²) < 4.78 is 70.5. The number of hydrogen-bond donors (Lipinski definition) is 1. The van der Waals surface area contributed by atoms with Crippen LogP contribution >= 0.6 is 23.2 Å². The molecule has 2 amide bonds. The second-order valence-corrected chi connectivity index (χ2v) is 13.9. The second-order valence-electron chi connectivity index (χ2n) is 11.2. The van der Waals surface area contributed by atoms with Crippen LogP contribution in [0.15, 0.2) is 108 Å². The van der Waals surface area contributed by atoms with Gasteiger partial charge in [-0.25, -0.2) is 8.42 Å². The number of sulfonamides is 1. The van der Waals surface area contributed by atoms with Gasteiger partial charge in [0.1, 0.15) is 12.6 Å². The first-order chi connectivity index (χ1) is 22.7. The monoisotopic (exact) mass is 719 g/mol. The third-order valence-electron chi connectivity index (χ3n) is 7.67. The Morgan fingerprint density at radius 3 is 2.08 bits per heavy atom. The van der Waals surface area contributed by atoms with Crippen molar-refractivity contribution < 1.29 is 31.2 Å². The van der Waals surface area contributed by atoms with E-state index in [4.69, 9.17) is 23.2 Å². The van der Waals surface area contributed by atoms with Gasteiger partial charge < -0.3 is 10.2 Å². The lowest BCUT2D eigenvalue weighted by Crippen LogP contribution is -2.54. The first-order valence-corrected chi connectivity index (χ1v) is 17.2. The molecule has 7 nitrogen and oxygen atoms in total. The molecule has 0 aromatic heterocycles. The molecule has 0 aliphatic carbocycles. The average molecular weight is 721 g/mol. The predicted molar refractivity (Wildman–Crippen MR) is 181 cm³/mol. The number of carbonyl (C=O) groups excluding carboxylic acids is 2. The third-order valence-corrected chi connectivity index (χ3v) is 10.0. The van der Waals surface area contributed by atoms with Gasteiger partial charge in [0.05, 0.1) is 21.2 Å². The van der Waals surface area contributed by atoms with Crippen LogP contribution in [0.25, 0.3) is 0 Å². The summed E-state index contributed by atoms with van der Waals surface area (Å²) in [4.78, 5) is 29.4. The molecule has 0 fully saturated rings. The van der Waals surface area contributed by atoms with E-state index in [1.165, 1.54) is 29.2 Å². The maximum atomic E-state index is 14.5. The summed E-state index contributed by atoms with van der Waals surface area (Å²) in [6.45, 7) is 2.62. The maximum Gasteiger partial charge on any atom is 0.417 e. The Morgan fingerprint density at radius 1 is 0.854 bits per heavy atom. The number of halogens is 5. The fourth-order valence-electron chi connectivity index (χ4n) is 4.96. The van der Waals surface area contributed by atoms with Crippen molar-refractivity contribution >= 4 is 50.7 Å². The van der Waals surface area contributed by atoms with Gasteiger partial charge in [-0.05, 0) is 66.9 Å². The van der Waals surface area contributed by atoms with Crippen LogP contribution in [0, 0.1) is 0 Å². The highest BCUT2D eigenvalue weighted by atomic mass is 35.5. The number of anilines is 1. The number of amides is 2. The normalized spacial score (nSPS) is 13.0. The second kappa shape index (κ2) is 15.9. The van der Waals surface area contributed by atoms with Crippen LogP contribution in [0.3, 0.4) is 0 Å². The van der Waals surface area contributed by atoms with E-state index >= 15 is 0 Å². The van der Waals surface area contributed by atoms with Crippen LogP contribution in [0.4, 0.5) is 18.9 Å². The quantitative estimate of drug-likeness (QED) is 0.153. The molecule has 0 aliphatic heterocycles. The Morgan fingerprint density at radius 2 is 1.48 bits per heavy atom. The van der Waals surface area contributed by atoms with Crippen molar-refractivity contribution in [1.82, 2.24) is 10.2 Å². The standard InChI is InChI=1S/C35H34Cl2F3N3O4S/c1-3-24(2)41-34(45)32(20-25-11-6-4-7-12-25)42(22-26-13-10-14-27(36)19-26)33(44)23-43(48(46,47)29-15-8-5-9-16-29)28-17-18-31(37)30(21-28)35(38,39)40/h4-19,21,24,32H,3,20,22-23H2,1-2H3,(H,41,45)/t24-,32+/m1/s1. The largest absolute Gasteiger partial charge is 0.417 e. The lowest BCUT2D eigenvalue weighted by atomic mass is 10.0. The van der Waals surface area contributed by atoms with E-state index in [0.717, 1.165) is 17.7 Å². The summed E-state index contributed by atoms with van der Waals surface area (Å²) in [5.74, 6) is -1.31. The molecule has 2 atom stereocenters. The smallest absolute Gasteiger partial charge is 0.352 e. The fraction of sp³-hybridized carbons (Fsp3) is 0.257. The van der Waals surface area contributed by atoms with Crippen molar-refractivity contribution in [2.45, 2.75) is 56.4 Å². The highest BCUT2D eigenvalue weighted by Crippen LogP contribution is 2.38. The van der Waals surface area contributed by atoms with Crippen molar-refractivity contribution in [2.75, 3.05) is 10.8 Å². The first-order valence-electron chi connectivity index (χ1n) is 15.0. The SMILES string of the molecule is CC[C@@H](C)NC(=O)[C@H](Cc1ccccc1)N(Cc1cccc(Cl)c1)C(=O)CN(c1ccc(Cl)c(C(F)(F)F)c1)S(=O)(=O)c1ccccc1. The molecule has 4 rings (SSSR count). The van der Waals surface area contributed by atoms with E-state index in [-0.39, 0.29) is 23.9 Å². The van der Waals surface area contributed by atoms with Gasteiger partial charge in [0, 0.05) is 24.0 Å². The maximum absolute atomic E-state index is 14.5. The number of hydrogen-bond acceptors (Lipinski definition) is 4. The van der Waals surface area contributed by atoms with E-state index in [0.29, 0.717) is 27.4 Å². The molecule has 0 radical (unpaired) electrons. The fourth-order valence-corrected chi connectivity index (χ4v) is 6.83. The molecule has 0 aliphatic rings. The van der Waals surface area contributed by atoms with Crippen molar-refractivity contribution in [3.05, 3.63) is 130 Å². The summed E-state index contributed by atoms with van der Waals surface area (Å²) in [6, 6.07) is 23.9. The van der Waals surface area contributed by atoms with Crippen LogP contribution in [0.1, 0.15) is 37.0 Å². The number of nitrogens with zero attached hydrogens (tertiary/aromatic N) is 2.